The minimum Gasteiger partial charge on any atom is -0.495 e. The summed E-state index contributed by atoms with van der Waals surface area (Å²) in [6.07, 6.45) is 3.95. The summed E-state index contributed by atoms with van der Waals surface area (Å²) in [5.41, 5.74) is 1.69. The van der Waals surface area contributed by atoms with Crippen molar-refractivity contribution in [3.05, 3.63) is 54.0 Å². The molecular formula is C23H24FN3O4S2. The zero-order chi connectivity index (χ0) is 23.6. The number of methoxy groups -OCH3 is 1. The molecule has 0 radical (unpaired) electrons. The Kier molecular flexibility index (Phi) is 6.66. The Labute approximate surface area is 196 Å². The number of halogens is 1. The van der Waals surface area contributed by atoms with Crippen molar-refractivity contribution in [3.63, 3.8) is 0 Å². The number of aromatic nitrogens is 1. The molecule has 3 aromatic rings. The van der Waals surface area contributed by atoms with Crippen LogP contribution in [0.15, 0.2) is 47.4 Å². The molecule has 2 aromatic carbocycles. The van der Waals surface area contributed by atoms with Gasteiger partial charge >= 0.3 is 0 Å². The van der Waals surface area contributed by atoms with Gasteiger partial charge in [-0.15, -0.1) is 0 Å². The molecule has 0 atom stereocenters. The van der Waals surface area contributed by atoms with Crippen molar-refractivity contribution in [1.29, 1.82) is 0 Å². The summed E-state index contributed by atoms with van der Waals surface area (Å²) in [6.45, 7) is 1.84. The smallest absolute Gasteiger partial charge is 0.262 e. The Bertz CT molecular complexity index is 1270. The monoisotopic (exact) mass is 489 g/mol. The van der Waals surface area contributed by atoms with E-state index in [2.05, 4.69) is 15.0 Å². The second-order valence-electron chi connectivity index (χ2n) is 7.88. The summed E-state index contributed by atoms with van der Waals surface area (Å²) in [6, 6.07) is 9.68. The van der Waals surface area contributed by atoms with Crippen LogP contribution in [-0.4, -0.2) is 26.4 Å². The van der Waals surface area contributed by atoms with Crippen molar-refractivity contribution in [3.8, 4) is 16.2 Å². The molecule has 0 aliphatic heterocycles. The van der Waals surface area contributed by atoms with E-state index in [0.717, 1.165) is 54.0 Å². The third-order valence-corrected chi connectivity index (χ3v) is 8.09. The van der Waals surface area contributed by atoms with Crippen LogP contribution in [0.3, 0.4) is 0 Å². The number of thiazole rings is 1. The molecule has 1 heterocycles. The maximum Gasteiger partial charge on any atom is 0.262 e. The van der Waals surface area contributed by atoms with Gasteiger partial charge in [-0.2, -0.15) is 0 Å². The van der Waals surface area contributed by atoms with Crippen LogP contribution in [-0.2, 0) is 14.8 Å². The van der Waals surface area contributed by atoms with Crippen LogP contribution in [0.25, 0.3) is 10.4 Å². The molecule has 174 valence electrons. The van der Waals surface area contributed by atoms with Crippen LogP contribution in [0.2, 0.25) is 0 Å². The SMILES string of the molecule is COc1ccc(-c2sc(NC(=O)C3CCCC3)nc2C)cc1NS(=O)(=O)c1ccc(F)cc1. The number of sulfonamides is 1. The van der Waals surface area contributed by atoms with Gasteiger partial charge < -0.3 is 10.1 Å². The first-order valence-corrected chi connectivity index (χ1v) is 12.8. The number of amides is 1. The van der Waals surface area contributed by atoms with Gasteiger partial charge in [0.2, 0.25) is 5.91 Å². The fraction of sp³-hybridized carbons (Fsp3) is 0.304. The van der Waals surface area contributed by atoms with Gasteiger partial charge in [0.25, 0.3) is 10.0 Å². The molecule has 2 N–H and O–H groups in total. The Balaban J connectivity index is 1.61. The van der Waals surface area contributed by atoms with Crippen molar-refractivity contribution >= 4 is 38.1 Å². The Morgan fingerprint density at radius 2 is 1.85 bits per heavy atom. The number of hydrogen-bond acceptors (Lipinski definition) is 6. The lowest BCUT2D eigenvalue weighted by Crippen LogP contribution is -2.20. The molecule has 1 fully saturated rings. The molecule has 0 bridgehead atoms. The number of rotatable bonds is 7. The largest absolute Gasteiger partial charge is 0.495 e. The molecule has 1 amide bonds. The minimum atomic E-state index is -3.96. The fourth-order valence-electron chi connectivity index (χ4n) is 3.86. The number of ether oxygens (including phenoxy) is 1. The molecule has 1 aromatic heterocycles. The van der Waals surface area contributed by atoms with Gasteiger partial charge in [0.05, 0.1) is 28.3 Å². The summed E-state index contributed by atoms with van der Waals surface area (Å²) in [5, 5.41) is 3.44. The number of aryl methyl sites for hydroxylation is 1. The third-order valence-electron chi connectivity index (χ3n) is 5.58. The average molecular weight is 490 g/mol. The van der Waals surface area contributed by atoms with Crippen LogP contribution in [0.1, 0.15) is 31.4 Å². The van der Waals surface area contributed by atoms with Crippen molar-refractivity contribution in [1.82, 2.24) is 4.98 Å². The molecule has 0 spiro atoms. The lowest BCUT2D eigenvalue weighted by atomic mass is 10.1. The second kappa shape index (κ2) is 9.48. The van der Waals surface area contributed by atoms with Crippen molar-refractivity contribution in [2.45, 2.75) is 37.5 Å². The number of carbonyl (C=O) groups is 1. The molecule has 33 heavy (non-hydrogen) atoms. The minimum absolute atomic E-state index is 0.00437. The lowest BCUT2D eigenvalue weighted by Gasteiger charge is -2.13. The Morgan fingerprint density at radius 3 is 2.52 bits per heavy atom. The van der Waals surface area contributed by atoms with E-state index < -0.39 is 15.8 Å². The van der Waals surface area contributed by atoms with E-state index >= 15 is 0 Å². The van der Waals surface area contributed by atoms with Gasteiger partial charge in [-0.05, 0) is 67.8 Å². The predicted molar refractivity (Wildman–Crippen MR) is 127 cm³/mol. The Hall–Kier alpha value is -2.98. The topological polar surface area (TPSA) is 97.4 Å². The highest BCUT2D eigenvalue weighted by Crippen LogP contribution is 2.38. The van der Waals surface area contributed by atoms with Crippen LogP contribution in [0.4, 0.5) is 15.2 Å². The molecule has 1 saturated carbocycles. The van der Waals surface area contributed by atoms with E-state index in [1.54, 1.807) is 18.2 Å². The molecule has 0 unspecified atom stereocenters. The summed E-state index contributed by atoms with van der Waals surface area (Å²) < 4.78 is 46.6. The van der Waals surface area contributed by atoms with E-state index in [4.69, 9.17) is 4.74 Å². The molecule has 7 nitrogen and oxygen atoms in total. The van der Waals surface area contributed by atoms with Gasteiger partial charge in [-0.25, -0.2) is 17.8 Å². The summed E-state index contributed by atoms with van der Waals surface area (Å²) >= 11 is 1.34. The second-order valence-corrected chi connectivity index (χ2v) is 10.6. The molecule has 1 aliphatic rings. The third kappa shape index (κ3) is 5.17. The number of anilines is 2. The highest BCUT2D eigenvalue weighted by molar-refractivity contribution is 7.92. The lowest BCUT2D eigenvalue weighted by molar-refractivity contribution is -0.119. The molecule has 10 heteroatoms. The highest BCUT2D eigenvalue weighted by Gasteiger charge is 2.24. The maximum absolute atomic E-state index is 13.2. The average Bonchev–Trinajstić information content (AvgIpc) is 3.44. The molecular weight excluding hydrogens is 465 g/mol. The van der Waals surface area contributed by atoms with E-state index in [9.17, 15) is 17.6 Å². The van der Waals surface area contributed by atoms with Crippen LogP contribution in [0.5, 0.6) is 5.75 Å². The molecule has 1 aliphatic carbocycles. The van der Waals surface area contributed by atoms with Crippen molar-refractivity contribution in [2.24, 2.45) is 5.92 Å². The predicted octanol–water partition coefficient (Wildman–Crippen LogP) is 5.20. The van der Waals surface area contributed by atoms with Crippen LogP contribution < -0.4 is 14.8 Å². The van der Waals surface area contributed by atoms with E-state index in [1.165, 1.54) is 30.6 Å². The van der Waals surface area contributed by atoms with Gasteiger partial charge in [-0.1, -0.05) is 24.2 Å². The van der Waals surface area contributed by atoms with Crippen molar-refractivity contribution in [2.75, 3.05) is 17.1 Å². The van der Waals surface area contributed by atoms with E-state index in [0.29, 0.717) is 10.9 Å². The van der Waals surface area contributed by atoms with Crippen molar-refractivity contribution < 1.29 is 22.3 Å². The summed E-state index contributed by atoms with van der Waals surface area (Å²) in [7, 11) is -2.51. The number of nitrogens with zero attached hydrogens (tertiary/aromatic N) is 1. The van der Waals surface area contributed by atoms with E-state index in [1.807, 2.05) is 6.92 Å². The quantitative estimate of drug-likeness (QED) is 0.476. The van der Waals surface area contributed by atoms with Gasteiger partial charge in [0, 0.05) is 5.92 Å². The van der Waals surface area contributed by atoms with Gasteiger partial charge in [0.15, 0.2) is 5.13 Å². The number of nitrogens with one attached hydrogen (secondary N) is 2. The standard InChI is InChI=1S/C23H24FN3O4S2/c1-14-21(32-23(25-14)26-22(28)15-5-3-4-6-15)16-7-12-20(31-2)19(13-16)27-33(29,30)18-10-8-17(24)9-11-18/h7-13,15,27H,3-6H2,1-2H3,(H,25,26,28). The van der Waals surface area contributed by atoms with E-state index in [-0.39, 0.29) is 22.4 Å². The van der Waals surface area contributed by atoms with Gasteiger partial charge in [-0.3, -0.25) is 9.52 Å². The first-order valence-electron chi connectivity index (χ1n) is 10.5. The fourth-order valence-corrected chi connectivity index (χ4v) is 5.89. The zero-order valence-corrected chi connectivity index (χ0v) is 19.9. The number of hydrogen-bond donors (Lipinski definition) is 2. The van der Waals surface area contributed by atoms with Crippen LogP contribution >= 0.6 is 11.3 Å². The number of benzene rings is 2. The molecule has 0 saturated heterocycles. The van der Waals surface area contributed by atoms with Gasteiger partial charge in [0.1, 0.15) is 11.6 Å². The first kappa shape index (κ1) is 23.2. The van der Waals surface area contributed by atoms with Crippen LogP contribution in [0, 0.1) is 18.7 Å². The number of carbonyl (C=O) groups excluding carboxylic acids is 1. The summed E-state index contributed by atoms with van der Waals surface area (Å²) in [4.78, 5) is 17.7. The normalized spacial score (nSPS) is 14.3. The summed E-state index contributed by atoms with van der Waals surface area (Å²) in [5.74, 6) is -0.159. The Morgan fingerprint density at radius 1 is 1.15 bits per heavy atom. The highest BCUT2D eigenvalue weighted by atomic mass is 32.2. The maximum atomic E-state index is 13.2. The first-order chi connectivity index (χ1) is 15.8. The zero-order valence-electron chi connectivity index (χ0n) is 18.2. The molecule has 4 rings (SSSR count).